The van der Waals surface area contributed by atoms with Crippen LogP contribution < -0.4 is 5.73 Å². The van der Waals surface area contributed by atoms with Gasteiger partial charge in [0, 0.05) is 30.3 Å². The molecule has 0 radical (unpaired) electrons. The molecule has 0 spiro atoms. The summed E-state index contributed by atoms with van der Waals surface area (Å²) in [5.41, 5.74) is 43.0. The van der Waals surface area contributed by atoms with Gasteiger partial charge in [-0.05, 0) is 93.6 Å². The molecule has 0 aliphatic carbocycles. The minimum atomic E-state index is -0.756. The number of hydrogen-bond donors (Lipinski definition) is 2. The summed E-state index contributed by atoms with van der Waals surface area (Å²) in [7, 11) is 0. The van der Waals surface area contributed by atoms with E-state index in [2.05, 4.69) is 92.5 Å². The van der Waals surface area contributed by atoms with Crippen LogP contribution in [0.1, 0.15) is 37.6 Å². The van der Waals surface area contributed by atoms with Crippen LogP contribution in [0.2, 0.25) is 0 Å². The summed E-state index contributed by atoms with van der Waals surface area (Å²) in [6.07, 6.45) is 1.32. The van der Waals surface area contributed by atoms with Crippen molar-refractivity contribution >= 4 is 0 Å². The molecule has 2 nitrogen and oxygen atoms in total. The Morgan fingerprint density at radius 3 is 1.65 bits per heavy atom. The van der Waals surface area contributed by atoms with Crippen LogP contribution in [0.3, 0.4) is 0 Å². The second kappa shape index (κ2) is 14.8. The van der Waals surface area contributed by atoms with Crippen molar-refractivity contribution in [2.45, 2.75) is 25.5 Å². The van der Waals surface area contributed by atoms with Gasteiger partial charge in [0.05, 0.1) is 6.10 Å². The molecule has 0 saturated carbocycles. The van der Waals surface area contributed by atoms with E-state index >= 15 is 0 Å². The summed E-state index contributed by atoms with van der Waals surface area (Å²) in [4.78, 5) is 0. The van der Waals surface area contributed by atoms with Gasteiger partial charge in [-0.25, -0.2) is 0 Å². The van der Waals surface area contributed by atoms with Crippen LogP contribution >= 0.6 is 0 Å². The molecule has 0 aromatic carbocycles. The number of rotatable bonds is 3. The largest absolute Gasteiger partial charge is 0.387 e. The summed E-state index contributed by atoms with van der Waals surface area (Å²) in [5, 5.41) is 9.51. The van der Waals surface area contributed by atoms with E-state index in [1.165, 1.54) is 6.08 Å². The van der Waals surface area contributed by atoms with Gasteiger partial charge in [0.25, 0.3) is 0 Å². The zero-order chi connectivity index (χ0) is 17.2. The van der Waals surface area contributed by atoms with Gasteiger partial charge in [-0.2, -0.15) is 0 Å². The first kappa shape index (κ1) is 19.4. The maximum Gasteiger partial charge on any atom is 0.0951 e. The van der Waals surface area contributed by atoms with Crippen molar-refractivity contribution in [3.8, 4) is 0 Å². The van der Waals surface area contributed by atoms with Gasteiger partial charge in [-0.1, -0.05) is 18.4 Å². The van der Waals surface area contributed by atoms with E-state index in [1.807, 2.05) is 6.92 Å². The second-order valence-electron chi connectivity index (χ2n) is 3.68. The third kappa shape index (κ3) is 13.1. The first-order chi connectivity index (χ1) is 11.2. The number of nitrogens with two attached hydrogens (primary N) is 1. The maximum atomic E-state index is 9.51. The lowest BCUT2D eigenvalue weighted by molar-refractivity contribution is 0.189. The molecule has 23 heavy (non-hydrogen) atoms. The van der Waals surface area contributed by atoms with E-state index in [4.69, 9.17) is 5.73 Å². The Kier molecular flexibility index (Phi) is 12.4. The molecule has 142 valence electrons. The molecular weight excluding hydrogens is 282 g/mol. The summed E-state index contributed by atoms with van der Waals surface area (Å²) >= 11 is 0. The molecule has 0 unspecified atom stereocenters. The Labute approximate surface area is 160 Å². The van der Waals surface area contributed by atoms with Crippen LogP contribution in [0, 0.1) is 0 Å². The van der Waals surface area contributed by atoms with Crippen LogP contribution in [0.25, 0.3) is 0 Å². The molecule has 0 amide bonds. The summed E-state index contributed by atoms with van der Waals surface area (Å²) in [5.74, 6) is 0. The number of hydrogen-bond acceptors (Lipinski definition) is 2. The SMILES string of the molecule is C=C=C=C=C=C=C=C=C=C=C=C=C=C=C=C=C[C@H](O)[C@@H](N)CC.[HH].[HH].[HH].[HH].[HH].[HH].[HH].[HH].[HH].[HH].[HH].[HH].[HH].[HH].[HH].[HH].[HH]. The van der Waals surface area contributed by atoms with Crippen LogP contribution in [0.4, 0.5) is 0 Å². The van der Waals surface area contributed by atoms with Crippen LogP contribution in [0.15, 0.2) is 98.6 Å². The first-order valence-corrected chi connectivity index (χ1v) is 6.52. The molecule has 0 aromatic rings. The Morgan fingerprint density at radius 1 is 0.870 bits per heavy atom. The van der Waals surface area contributed by atoms with Crippen molar-refractivity contribution in [3.63, 3.8) is 0 Å². The van der Waals surface area contributed by atoms with E-state index in [-0.39, 0.29) is 30.3 Å². The Hall–Kier alpha value is -3.64. The molecule has 0 heterocycles. The second-order valence-corrected chi connectivity index (χ2v) is 3.68. The molecule has 0 aromatic heterocycles. The first-order valence-electron chi connectivity index (χ1n) is 6.52. The lowest BCUT2D eigenvalue weighted by atomic mass is 10.1. The molecule has 0 saturated heterocycles. The highest BCUT2D eigenvalue weighted by molar-refractivity contribution is 4.95. The predicted octanol–water partition coefficient (Wildman–Crippen LogP) is 6.78. The Balaban J connectivity index is -0.0000000178. The third-order valence-electron chi connectivity index (χ3n) is 2.07. The van der Waals surface area contributed by atoms with Crippen molar-refractivity contribution in [1.29, 1.82) is 0 Å². The molecule has 3 N–H and O–H groups in total. The van der Waals surface area contributed by atoms with Crippen molar-refractivity contribution in [1.82, 2.24) is 0 Å². The van der Waals surface area contributed by atoms with Crippen LogP contribution in [-0.2, 0) is 0 Å². The average molecular weight is 330 g/mol. The van der Waals surface area contributed by atoms with E-state index < -0.39 is 6.10 Å². The van der Waals surface area contributed by atoms with Crippen molar-refractivity contribution in [2.75, 3.05) is 0 Å². The Bertz CT molecular complexity index is 1020. The lowest BCUT2D eigenvalue weighted by Gasteiger charge is -2.10. The standard InChI is InChI=1S/C21H13NO.17H2/c1-3-5-6-7-8-9-10-11-12-13-14-15-16-17-18-19-21(23)20(22)4-2;;;;;;;;;;;;;;;;;/h19-21,23H,1,4,22H2,2H3;17*1H/t20-,21-;;;;;;;;;;;;;;;;;/m0................./s1. The minimum absolute atomic E-state index is 0. The normalized spacial score (nSPS) is 8.65. The highest BCUT2D eigenvalue weighted by Crippen LogP contribution is 1.94. The highest BCUT2D eigenvalue weighted by Gasteiger charge is 2.07. The van der Waals surface area contributed by atoms with Gasteiger partial charge in [-0.3, -0.25) is 0 Å². The summed E-state index contributed by atoms with van der Waals surface area (Å²) in [6.45, 7) is 5.19. The summed E-state index contributed by atoms with van der Waals surface area (Å²) in [6, 6.07) is -0.314. The topological polar surface area (TPSA) is 46.2 Å². The predicted molar refractivity (Wildman–Crippen MR) is 123 cm³/mol. The van der Waals surface area contributed by atoms with Crippen molar-refractivity contribution in [3.05, 3.63) is 98.6 Å². The molecule has 0 bridgehead atoms. The fourth-order valence-corrected chi connectivity index (χ4v) is 0.916. The van der Waals surface area contributed by atoms with Gasteiger partial charge >= 0.3 is 0 Å². The fraction of sp³-hybridized carbons (Fsp3) is 0.190. The quantitative estimate of drug-likeness (QED) is 0.560. The lowest BCUT2D eigenvalue weighted by Crippen LogP contribution is -2.31. The molecular formula is C21H47NO. The zero-order valence-corrected chi connectivity index (χ0v) is 12.7. The van der Waals surface area contributed by atoms with E-state index in [0.29, 0.717) is 6.42 Å². The molecule has 0 fully saturated rings. The Morgan fingerprint density at radius 2 is 1.26 bits per heavy atom. The monoisotopic (exact) mass is 329 g/mol. The van der Waals surface area contributed by atoms with Gasteiger partial charge in [0.15, 0.2) is 0 Å². The van der Waals surface area contributed by atoms with Crippen LogP contribution in [-0.4, -0.2) is 17.3 Å². The van der Waals surface area contributed by atoms with Gasteiger partial charge in [-0.15, -0.1) is 0 Å². The van der Waals surface area contributed by atoms with E-state index in [9.17, 15) is 5.11 Å². The molecule has 0 aliphatic heterocycles. The zero-order valence-electron chi connectivity index (χ0n) is 12.7. The molecule has 2 atom stereocenters. The smallest absolute Gasteiger partial charge is 0.0951 e. The third-order valence-corrected chi connectivity index (χ3v) is 2.07. The maximum absolute atomic E-state index is 9.51. The number of aliphatic hydroxyl groups is 1. The molecule has 0 rings (SSSR count). The van der Waals surface area contributed by atoms with Gasteiger partial charge in [0.1, 0.15) is 0 Å². The van der Waals surface area contributed by atoms with Crippen LogP contribution in [0.5, 0.6) is 0 Å². The number of aliphatic hydroxyl groups excluding tert-OH is 1. The van der Waals surface area contributed by atoms with E-state index in [1.54, 1.807) is 0 Å². The minimum Gasteiger partial charge on any atom is -0.387 e. The average Bonchev–Trinajstić information content (AvgIpc) is 2.57. The summed E-state index contributed by atoms with van der Waals surface area (Å²) < 4.78 is 0. The van der Waals surface area contributed by atoms with Crippen molar-refractivity contribution in [2.24, 2.45) is 5.73 Å². The van der Waals surface area contributed by atoms with E-state index in [0.717, 1.165) is 0 Å². The van der Waals surface area contributed by atoms with Gasteiger partial charge in [0.2, 0.25) is 0 Å². The molecule has 2 heteroatoms. The highest BCUT2D eigenvalue weighted by atomic mass is 16.3. The van der Waals surface area contributed by atoms with Crippen molar-refractivity contribution < 1.29 is 29.4 Å². The fourth-order valence-electron chi connectivity index (χ4n) is 0.916. The molecule has 0 aliphatic rings. The van der Waals surface area contributed by atoms with Gasteiger partial charge < -0.3 is 10.8 Å².